The summed E-state index contributed by atoms with van der Waals surface area (Å²) in [7, 11) is 0. The van der Waals surface area contributed by atoms with Gasteiger partial charge in [-0.05, 0) is 42.5 Å². The monoisotopic (exact) mass is 345 g/mol. The predicted octanol–water partition coefficient (Wildman–Crippen LogP) is 2.50. The number of carbonyl (C=O) groups is 2. The van der Waals surface area contributed by atoms with E-state index >= 15 is 0 Å². The Morgan fingerprint density at radius 3 is 2.24 bits per heavy atom. The lowest BCUT2D eigenvalue weighted by molar-refractivity contribution is -0.118. The Labute approximate surface area is 143 Å². The minimum absolute atomic E-state index is 0.0490. The average Bonchev–Trinajstić information content (AvgIpc) is 2.64. The van der Waals surface area contributed by atoms with Crippen LogP contribution < -0.4 is 10.2 Å². The first-order valence-corrected chi connectivity index (χ1v) is 7.87. The Bertz CT molecular complexity index is 772. The molecule has 7 heteroatoms. The first-order chi connectivity index (χ1) is 12.1. The van der Waals surface area contributed by atoms with Crippen LogP contribution in [0.1, 0.15) is 10.4 Å². The molecule has 0 aromatic heterocycles. The maximum atomic E-state index is 13.2. The van der Waals surface area contributed by atoms with Crippen LogP contribution in [-0.4, -0.2) is 43.4 Å². The molecule has 0 bridgehead atoms. The fraction of sp³-hybridized carbons (Fsp3) is 0.222. The van der Waals surface area contributed by atoms with Crippen molar-refractivity contribution in [3.8, 4) is 0 Å². The van der Waals surface area contributed by atoms with Crippen molar-refractivity contribution in [3.63, 3.8) is 0 Å². The van der Waals surface area contributed by atoms with E-state index in [4.69, 9.17) is 0 Å². The molecule has 130 valence electrons. The number of amides is 2. The molecule has 5 nitrogen and oxygen atoms in total. The van der Waals surface area contributed by atoms with Crippen LogP contribution >= 0.6 is 0 Å². The van der Waals surface area contributed by atoms with Crippen molar-refractivity contribution in [2.75, 3.05) is 36.4 Å². The molecule has 0 spiro atoms. The molecule has 1 fully saturated rings. The summed E-state index contributed by atoms with van der Waals surface area (Å²) < 4.78 is 26.1. The molecule has 0 saturated carbocycles. The summed E-state index contributed by atoms with van der Waals surface area (Å²) in [4.78, 5) is 26.7. The maximum absolute atomic E-state index is 13.2. The Hall–Kier alpha value is -2.96. The number of benzene rings is 2. The number of rotatable bonds is 4. The van der Waals surface area contributed by atoms with Crippen LogP contribution in [0.25, 0.3) is 0 Å². The van der Waals surface area contributed by atoms with E-state index in [9.17, 15) is 18.4 Å². The number of hydrogen-bond donors (Lipinski definition) is 1. The lowest BCUT2D eigenvalue weighted by atomic mass is 10.2. The van der Waals surface area contributed by atoms with Crippen LogP contribution in [0.15, 0.2) is 42.5 Å². The quantitative estimate of drug-likeness (QED) is 0.867. The molecule has 0 radical (unpaired) electrons. The van der Waals surface area contributed by atoms with Gasteiger partial charge in [0.1, 0.15) is 0 Å². The predicted molar refractivity (Wildman–Crippen MR) is 90.6 cm³/mol. The van der Waals surface area contributed by atoms with E-state index in [0.717, 1.165) is 37.3 Å². The lowest BCUT2D eigenvalue weighted by Gasteiger charge is -2.34. The van der Waals surface area contributed by atoms with Crippen molar-refractivity contribution >= 4 is 23.7 Å². The van der Waals surface area contributed by atoms with E-state index in [0.29, 0.717) is 18.8 Å². The molecule has 0 atom stereocenters. The third kappa shape index (κ3) is 3.93. The van der Waals surface area contributed by atoms with Crippen molar-refractivity contribution in [2.45, 2.75) is 0 Å². The zero-order valence-corrected chi connectivity index (χ0v) is 13.4. The van der Waals surface area contributed by atoms with Gasteiger partial charge in [-0.1, -0.05) is 0 Å². The maximum Gasteiger partial charge on any atom is 0.255 e. The summed E-state index contributed by atoms with van der Waals surface area (Å²) in [5.41, 5.74) is 1.61. The number of nitrogens with zero attached hydrogens (tertiary/aromatic N) is 2. The van der Waals surface area contributed by atoms with Crippen LogP contribution in [0.5, 0.6) is 0 Å². The van der Waals surface area contributed by atoms with E-state index in [2.05, 4.69) is 10.2 Å². The van der Waals surface area contributed by atoms with Gasteiger partial charge in [0.2, 0.25) is 6.41 Å². The number of carbonyl (C=O) groups excluding carboxylic acids is 2. The first-order valence-electron chi connectivity index (χ1n) is 7.87. The van der Waals surface area contributed by atoms with Crippen molar-refractivity contribution in [2.24, 2.45) is 0 Å². The second-order valence-electron chi connectivity index (χ2n) is 5.76. The van der Waals surface area contributed by atoms with Gasteiger partial charge in [0.05, 0.1) is 0 Å². The van der Waals surface area contributed by atoms with Gasteiger partial charge in [-0.2, -0.15) is 0 Å². The van der Waals surface area contributed by atoms with E-state index in [1.807, 2.05) is 12.1 Å². The van der Waals surface area contributed by atoms with Crippen molar-refractivity contribution in [1.82, 2.24) is 4.90 Å². The van der Waals surface area contributed by atoms with Gasteiger partial charge in [-0.25, -0.2) is 8.78 Å². The first kappa shape index (κ1) is 16.9. The van der Waals surface area contributed by atoms with E-state index < -0.39 is 17.5 Å². The Balaban J connectivity index is 1.63. The highest BCUT2D eigenvalue weighted by Crippen LogP contribution is 2.20. The Morgan fingerprint density at radius 1 is 0.960 bits per heavy atom. The fourth-order valence-corrected chi connectivity index (χ4v) is 2.68. The second kappa shape index (κ2) is 7.29. The summed E-state index contributed by atoms with van der Waals surface area (Å²) in [6, 6.07) is 10.3. The van der Waals surface area contributed by atoms with Crippen molar-refractivity contribution in [3.05, 3.63) is 59.7 Å². The molecule has 1 heterocycles. The summed E-state index contributed by atoms with van der Waals surface area (Å²) in [5.74, 6) is -2.56. The lowest BCUT2D eigenvalue weighted by Crippen LogP contribution is -2.45. The van der Waals surface area contributed by atoms with Gasteiger partial charge in [-0.15, -0.1) is 0 Å². The minimum Gasteiger partial charge on any atom is -0.368 e. The number of halogens is 2. The van der Waals surface area contributed by atoms with Crippen LogP contribution in [0.3, 0.4) is 0 Å². The molecule has 1 saturated heterocycles. The third-order valence-corrected chi connectivity index (χ3v) is 4.14. The molecule has 3 rings (SSSR count). The van der Waals surface area contributed by atoms with E-state index in [1.165, 1.54) is 6.07 Å². The standard InChI is InChI=1S/C18H17F2N3O2/c19-16-6-1-13(11-17(16)20)18(25)21-14-2-4-15(5-3-14)23-9-7-22(12-24)8-10-23/h1-6,11-12H,7-10H2,(H,21,25). The normalized spacial score (nSPS) is 14.3. The zero-order chi connectivity index (χ0) is 17.8. The van der Waals surface area contributed by atoms with Crippen molar-refractivity contribution < 1.29 is 18.4 Å². The van der Waals surface area contributed by atoms with E-state index in [-0.39, 0.29) is 5.56 Å². The third-order valence-electron chi connectivity index (χ3n) is 4.14. The minimum atomic E-state index is -1.06. The summed E-state index contributed by atoms with van der Waals surface area (Å²) in [6.07, 6.45) is 0.855. The Kier molecular flexibility index (Phi) is 4.92. The highest BCUT2D eigenvalue weighted by atomic mass is 19.2. The van der Waals surface area contributed by atoms with Crippen LogP contribution in [0, 0.1) is 11.6 Å². The van der Waals surface area contributed by atoms with Gasteiger partial charge in [0.15, 0.2) is 11.6 Å². The molecular formula is C18H17F2N3O2. The Morgan fingerprint density at radius 2 is 1.64 bits per heavy atom. The molecule has 1 aliphatic rings. The number of nitrogens with one attached hydrogen (secondary N) is 1. The molecule has 1 aliphatic heterocycles. The highest BCUT2D eigenvalue weighted by Gasteiger charge is 2.16. The molecule has 2 aromatic carbocycles. The summed E-state index contributed by atoms with van der Waals surface area (Å²) in [5, 5.41) is 2.65. The van der Waals surface area contributed by atoms with Gasteiger partial charge >= 0.3 is 0 Å². The molecule has 2 amide bonds. The van der Waals surface area contributed by atoms with Gasteiger partial charge in [0.25, 0.3) is 5.91 Å². The summed E-state index contributed by atoms with van der Waals surface area (Å²) in [6.45, 7) is 2.86. The largest absolute Gasteiger partial charge is 0.368 e. The highest BCUT2D eigenvalue weighted by molar-refractivity contribution is 6.04. The van der Waals surface area contributed by atoms with Gasteiger partial charge in [-0.3, -0.25) is 9.59 Å². The molecule has 0 unspecified atom stereocenters. The van der Waals surface area contributed by atoms with Crippen LogP contribution in [0.2, 0.25) is 0 Å². The molecule has 25 heavy (non-hydrogen) atoms. The number of piperazine rings is 1. The molecule has 0 aliphatic carbocycles. The number of anilines is 2. The van der Waals surface area contributed by atoms with Gasteiger partial charge in [0, 0.05) is 43.1 Å². The average molecular weight is 345 g/mol. The smallest absolute Gasteiger partial charge is 0.255 e. The van der Waals surface area contributed by atoms with Crippen LogP contribution in [-0.2, 0) is 4.79 Å². The number of hydrogen-bond acceptors (Lipinski definition) is 3. The van der Waals surface area contributed by atoms with Crippen molar-refractivity contribution in [1.29, 1.82) is 0 Å². The van der Waals surface area contributed by atoms with E-state index in [1.54, 1.807) is 17.0 Å². The molecule has 1 N–H and O–H groups in total. The topological polar surface area (TPSA) is 52.7 Å². The van der Waals surface area contributed by atoms with Gasteiger partial charge < -0.3 is 15.1 Å². The summed E-state index contributed by atoms with van der Waals surface area (Å²) >= 11 is 0. The van der Waals surface area contributed by atoms with Crippen LogP contribution in [0.4, 0.5) is 20.2 Å². The molecule has 2 aromatic rings. The fourth-order valence-electron chi connectivity index (χ4n) is 2.68. The SMILES string of the molecule is O=CN1CCN(c2ccc(NC(=O)c3ccc(F)c(F)c3)cc2)CC1. The zero-order valence-electron chi connectivity index (χ0n) is 13.4. The molecular weight excluding hydrogens is 328 g/mol. The second-order valence-corrected chi connectivity index (χ2v) is 5.76.